The van der Waals surface area contributed by atoms with Crippen LogP contribution in [-0.2, 0) is 0 Å². The summed E-state index contributed by atoms with van der Waals surface area (Å²) in [5, 5.41) is 0. The predicted octanol–water partition coefficient (Wildman–Crippen LogP) is 4.05. The van der Waals surface area contributed by atoms with Crippen LogP contribution in [0.1, 0.15) is 0 Å². The Bertz CT molecular complexity index is 502. The van der Waals surface area contributed by atoms with Gasteiger partial charge >= 0.3 is 0 Å². The second-order valence-corrected chi connectivity index (χ2v) is 4.50. The summed E-state index contributed by atoms with van der Waals surface area (Å²) in [5.41, 5.74) is 0. The number of hydrogen-bond donors (Lipinski definition) is 0. The fourth-order valence-corrected chi connectivity index (χ4v) is 1.76. The minimum Gasteiger partial charge on any atom is -0.490 e. The van der Waals surface area contributed by atoms with Crippen LogP contribution >= 0.6 is 15.9 Å². The summed E-state index contributed by atoms with van der Waals surface area (Å²) in [6.07, 6.45) is 0. The van der Waals surface area contributed by atoms with Crippen LogP contribution in [0.2, 0.25) is 0 Å². The standard InChI is InChI=1S/C14H12BrFO2/c15-11-6-7-13(16)14(10-11)18-9-8-17-12-4-2-1-3-5-12/h1-7,10H,8-9H2. The first-order chi connectivity index (χ1) is 8.75. The summed E-state index contributed by atoms with van der Waals surface area (Å²) in [6, 6.07) is 14.0. The van der Waals surface area contributed by atoms with Gasteiger partial charge < -0.3 is 9.47 Å². The average Bonchev–Trinajstić information content (AvgIpc) is 2.40. The van der Waals surface area contributed by atoms with Gasteiger partial charge in [-0.25, -0.2) is 4.39 Å². The Labute approximate surface area is 113 Å². The summed E-state index contributed by atoms with van der Waals surface area (Å²) < 4.78 is 24.9. The first-order valence-electron chi connectivity index (χ1n) is 5.51. The maximum atomic E-state index is 13.3. The molecule has 0 aromatic heterocycles. The number of para-hydroxylation sites is 1. The first-order valence-corrected chi connectivity index (χ1v) is 6.31. The number of hydrogen-bond acceptors (Lipinski definition) is 2. The quantitative estimate of drug-likeness (QED) is 0.776. The van der Waals surface area contributed by atoms with Gasteiger partial charge in [-0.15, -0.1) is 0 Å². The summed E-state index contributed by atoms with van der Waals surface area (Å²) in [4.78, 5) is 0. The van der Waals surface area contributed by atoms with Crippen molar-refractivity contribution in [3.8, 4) is 11.5 Å². The highest BCUT2D eigenvalue weighted by atomic mass is 79.9. The molecule has 4 heteroatoms. The lowest BCUT2D eigenvalue weighted by molar-refractivity contribution is 0.211. The molecule has 0 bridgehead atoms. The lowest BCUT2D eigenvalue weighted by Crippen LogP contribution is -2.09. The maximum Gasteiger partial charge on any atom is 0.165 e. The summed E-state index contributed by atoms with van der Waals surface area (Å²) in [6.45, 7) is 0.665. The fourth-order valence-electron chi connectivity index (χ4n) is 1.42. The largest absolute Gasteiger partial charge is 0.490 e. The van der Waals surface area contributed by atoms with E-state index in [0.717, 1.165) is 10.2 Å². The van der Waals surface area contributed by atoms with E-state index in [4.69, 9.17) is 9.47 Å². The van der Waals surface area contributed by atoms with Crippen LogP contribution in [0.15, 0.2) is 53.0 Å². The van der Waals surface area contributed by atoms with E-state index in [9.17, 15) is 4.39 Å². The number of halogens is 2. The molecule has 0 unspecified atom stereocenters. The molecule has 0 saturated carbocycles. The average molecular weight is 311 g/mol. The van der Waals surface area contributed by atoms with Gasteiger partial charge in [-0.2, -0.15) is 0 Å². The van der Waals surface area contributed by atoms with Crippen molar-refractivity contribution in [3.63, 3.8) is 0 Å². The van der Waals surface area contributed by atoms with E-state index in [1.165, 1.54) is 6.07 Å². The molecule has 0 atom stereocenters. The third kappa shape index (κ3) is 3.74. The number of rotatable bonds is 5. The van der Waals surface area contributed by atoms with Gasteiger partial charge in [0.25, 0.3) is 0 Å². The third-order valence-corrected chi connectivity index (χ3v) is 2.74. The van der Waals surface area contributed by atoms with E-state index in [2.05, 4.69) is 15.9 Å². The van der Waals surface area contributed by atoms with Crippen LogP contribution < -0.4 is 9.47 Å². The van der Waals surface area contributed by atoms with Gasteiger partial charge in [0.2, 0.25) is 0 Å². The zero-order valence-corrected chi connectivity index (χ0v) is 11.2. The normalized spacial score (nSPS) is 10.1. The number of benzene rings is 2. The van der Waals surface area contributed by atoms with Crippen LogP contribution in [0.5, 0.6) is 11.5 Å². The molecular weight excluding hydrogens is 299 g/mol. The molecule has 0 N–H and O–H groups in total. The molecule has 94 valence electrons. The molecule has 2 aromatic carbocycles. The zero-order valence-electron chi connectivity index (χ0n) is 9.61. The SMILES string of the molecule is Fc1ccc(Br)cc1OCCOc1ccccc1. The van der Waals surface area contributed by atoms with Crippen LogP contribution in [-0.4, -0.2) is 13.2 Å². The highest BCUT2D eigenvalue weighted by Crippen LogP contribution is 2.22. The maximum absolute atomic E-state index is 13.3. The van der Waals surface area contributed by atoms with Gasteiger partial charge in [0, 0.05) is 4.47 Å². The Morgan fingerprint density at radius 1 is 0.944 bits per heavy atom. The zero-order chi connectivity index (χ0) is 12.8. The fraction of sp³-hybridized carbons (Fsp3) is 0.143. The van der Waals surface area contributed by atoms with Crippen molar-refractivity contribution < 1.29 is 13.9 Å². The Morgan fingerprint density at radius 3 is 2.44 bits per heavy atom. The van der Waals surface area contributed by atoms with Crippen molar-refractivity contribution in [2.45, 2.75) is 0 Å². The van der Waals surface area contributed by atoms with E-state index in [-0.39, 0.29) is 11.6 Å². The van der Waals surface area contributed by atoms with Gasteiger partial charge in [0.15, 0.2) is 11.6 Å². The van der Waals surface area contributed by atoms with E-state index >= 15 is 0 Å². The lowest BCUT2D eigenvalue weighted by atomic mass is 10.3. The van der Waals surface area contributed by atoms with E-state index in [0.29, 0.717) is 13.2 Å². The van der Waals surface area contributed by atoms with Gasteiger partial charge in [0.1, 0.15) is 19.0 Å². The van der Waals surface area contributed by atoms with Crippen molar-refractivity contribution in [2.24, 2.45) is 0 Å². The number of ether oxygens (including phenoxy) is 2. The first kappa shape index (κ1) is 12.9. The smallest absolute Gasteiger partial charge is 0.165 e. The van der Waals surface area contributed by atoms with Crippen molar-refractivity contribution in [2.75, 3.05) is 13.2 Å². The van der Waals surface area contributed by atoms with Gasteiger partial charge in [-0.3, -0.25) is 0 Å². The van der Waals surface area contributed by atoms with Gasteiger partial charge in [0.05, 0.1) is 0 Å². The van der Waals surface area contributed by atoms with Gasteiger partial charge in [-0.05, 0) is 30.3 Å². The Morgan fingerprint density at radius 2 is 1.67 bits per heavy atom. The molecular formula is C14H12BrFO2. The van der Waals surface area contributed by atoms with E-state index < -0.39 is 0 Å². The van der Waals surface area contributed by atoms with Crippen molar-refractivity contribution in [3.05, 3.63) is 58.8 Å². The highest BCUT2D eigenvalue weighted by molar-refractivity contribution is 9.10. The van der Waals surface area contributed by atoms with Crippen LogP contribution in [0, 0.1) is 5.82 Å². The molecule has 0 fully saturated rings. The molecule has 2 nitrogen and oxygen atoms in total. The minimum atomic E-state index is -0.377. The second-order valence-electron chi connectivity index (χ2n) is 3.58. The monoisotopic (exact) mass is 310 g/mol. The predicted molar refractivity (Wildman–Crippen MR) is 71.5 cm³/mol. The Kier molecular flexibility index (Phi) is 4.59. The molecule has 0 spiro atoms. The van der Waals surface area contributed by atoms with E-state index in [1.54, 1.807) is 12.1 Å². The molecule has 0 radical (unpaired) electrons. The molecule has 0 amide bonds. The Hall–Kier alpha value is -1.55. The lowest BCUT2D eigenvalue weighted by Gasteiger charge is -2.09. The van der Waals surface area contributed by atoms with Crippen molar-refractivity contribution in [1.82, 2.24) is 0 Å². The third-order valence-electron chi connectivity index (χ3n) is 2.25. The molecule has 2 aromatic rings. The molecule has 2 rings (SSSR count). The van der Waals surface area contributed by atoms with Crippen molar-refractivity contribution in [1.29, 1.82) is 0 Å². The molecule has 0 saturated heterocycles. The summed E-state index contributed by atoms with van der Waals surface area (Å²) in [7, 11) is 0. The molecule has 0 aliphatic heterocycles. The minimum absolute atomic E-state index is 0.223. The molecule has 0 aliphatic rings. The van der Waals surface area contributed by atoms with E-state index in [1.807, 2.05) is 30.3 Å². The van der Waals surface area contributed by atoms with Crippen LogP contribution in [0.3, 0.4) is 0 Å². The molecule has 18 heavy (non-hydrogen) atoms. The summed E-state index contributed by atoms with van der Waals surface area (Å²) >= 11 is 3.26. The Balaban J connectivity index is 1.80. The topological polar surface area (TPSA) is 18.5 Å². The molecule has 0 heterocycles. The van der Waals surface area contributed by atoms with Crippen LogP contribution in [0.25, 0.3) is 0 Å². The van der Waals surface area contributed by atoms with Crippen LogP contribution in [0.4, 0.5) is 4.39 Å². The second kappa shape index (κ2) is 6.40. The molecule has 0 aliphatic carbocycles. The van der Waals surface area contributed by atoms with Gasteiger partial charge in [-0.1, -0.05) is 34.1 Å². The highest BCUT2D eigenvalue weighted by Gasteiger charge is 2.03. The van der Waals surface area contributed by atoms with Crippen molar-refractivity contribution >= 4 is 15.9 Å². The summed E-state index contributed by atoms with van der Waals surface area (Å²) in [5.74, 6) is 0.620.